The predicted molar refractivity (Wildman–Crippen MR) is 176 cm³/mol. The largest absolute Gasteiger partial charge is 0.414 e. The zero-order valence-electron chi connectivity index (χ0n) is 27.6. The molecule has 244 valence electrons. The van der Waals surface area contributed by atoms with E-state index in [0.717, 1.165) is 18.4 Å². The molecule has 1 aromatic carbocycles. The van der Waals surface area contributed by atoms with Gasteiger partial charge in [0.2, 0.25) is 0 Å². The van der Waals surface area contributed by atoms with E-state index in [-0.39, 0.29) is 29.2 Å². The van der Waals surface area contributed by atoms with Gasteiger partial charge < -0.3 is 9.74 Å². The van der Waals surface area contributed by atoms with Gasteiger partial charge in [0, 0.05) is 18.0 Å². The topological polar surface area (TPSA) is 131 Å². The summed E-state index contributed by atoms with van der Waals surface area (Å²) in [6.45, 7) is 14.4. The van der Waals surface area contributed by atoms with E-state index in [9.17, 15) is 18.0 Å². The van der Waals surface area contributed by atoms with E-state index in [1.807, 2.05) is 0 Å². The lowest BCUT2D eigenvalue weighted by atomic mass is 9.82. The molecule has 0 spiro atoms. The Bertz CT molecular complexity index is 1560. The monoisotopic (exact) mass is 652 g/mol. The Hall–Kier alpha value is -2.81. The number of nitriles is 1. The van der Waals surface area contributed by atoms with Crippen LogP contribution in [-0.4, -0.2) is 54.8 Å². The van der Waals surface area contributed by atoms with Crippen LogP contribution in [0.3, 0.4) is 0 Å². The second-order valence-corrected chi connectivity index (χ2v) is 22.4. The minimum atomic E-state index is -3.24. The molecule has 9 nitrogen and oxygen atoms in total. The first-order chi connectivity index (χ1) is 21.3. The van der Waals surface area contributed by atoms with Gasteiger partial charge in [0.1, 0.15) is 5.69 Å². The van der Waals surface area contributed by atoms with E-state index < -0.39 is 28.8 Å². The van der Waals surface area contributed by atoms with Crippen LogP contribution in [0.5, 0.6) is 0 Å². The smallest absolute Gasteiger partial charge is 0.272 e. The van der Waals surface area contributed by atoms with E-state index in [0.29, 0.717) is 78.7 Å². The fourth-order valence-corrected chi connectivity index (χ4v) is 15.9. The van der Waals surface area contributed by atoms with Gasteiger partial charge in [0.05, 0.1) is 34.8 Å². The van der Waals surface area contributed by atoms with Gasteiger partial charge in [-0.15, -0.1) is 0 Å². The van der Waals surface area contributed by atoms with Crippen LogP contribution in [-0.2, 0) is 33.8 Å². The minimum Gasteiger partial charge on any atom is -0.414 e. The number of nitrogens with one attached hydrogen (secondary N) is 1. The van der Waals surface area contributed by atoms with E-state index >= 15 is 0 Å². The number of aromatic nitrogens is 2. The minimum absolute atomic E-state index is 0.104. The molecule has 2 aromatic rings. The lowest BCUT2D eigenvalue weighted by Gasteiger charge is -2.42. The van der Waals surface area contributed by atoms with Crippen LogP contribution < -0.4 is 5.32 Å². The van der Waals surface area contributed by atoms with Gasteiger partial charge in [-0.25, -0.2) is 8.42 Å². The number of Topliss-reactive ketones (excluding diaryl/α,β-unsaturated/α-hetero) is 1. The highest BCUT2D eigenvalue weighted by molar-refractivity contribution is 7.94. The van der Waals surface area contributed by atoms with Gasteiger partial charge in [-0.3, -0.25) is 14.3 Å². The van der Waals surface area contributed by atoms with E-state index in [4.69, 9.17) is 14.8 Å². The van der Waals surface area contributed by atoms with Crippen LogP contribution in [0.15, 0.2) is 24.3 Å². The average molecular weight is 653 g/mol. The third-order valence-electron chi connectivity index (χ3n) is 10.5. The van der Waals surface area contributed by atoms with Crippen LogP contribution in [0.2, 0.25) is 16.6 Å². The molecule has 3 aliphatic carbocycles. The van der Waals surface area contributed by atoms with Crippen LogP contribution in [0.1, 0.15) is 118 Å². The summed E-state index contributed by atoms with van der Waals surface area (Å²) >= 11 is 0. The maximum atomic E-state index is 14.2. The summed E-state index contributed by atoms with van der Waals surface area (Å²) in [6, 6.07) is 9.12. The molecule has 1 amide bonds. The fourth-order valence-electron chi connectivity index (χ4n) is 7.89. The van der Waals surface area contributed by atoms with Crippen molar-refractivity contribution < 1.29 is 22.4 Å². The molecular weight excluding hydrogens is 605 g/mol. The van der Waals surface area contributed by atoms with Gasteiger partial charge in [0.15, 0.2) is 29.6 Å². The van der Waals surface area contributed by atoms with E-state index in [2.05, 4.69) is 52.9 Å². The molecule has 1 N–H and O–H groups in total. The second kappa shape index (κ2) is 12.8. The Labute approximate surface area is 269 Å². The van der Waals surface area contributed by atoms with Crippen molar-refractivity contribution in [2.45, 2.75) is 126 Å². The highest BCUT2D eigenvalue weighted by Gasteiger charge is 2.60. The van der Waals surface area contributed by atoms with Crippen molar-refractivity contribution in [2.24, 2.45) is 5.92 Å². The zero-order chi connectivity index (χ0) is 32.7. The van der Waals surface area contributed by atoms with Crippen LogP contribution in [0.4, 0.5) is 0 Å². The molecule has 2 saturated carbocycles. The quantitative estimate of drug-likeness (QED) is 0.243. The number of benzene rings is 1. The molecule has 11 heteroatoms. The molecule has 1 atom stereocenters. The number of amides is 1. The summed E-state index contributed by atoms with van der Waals surface area (Å²) in [6.07, 6.45) is 4.08. The highest BCUT2D eigenvalue weighted by Crippen LogP contribution is 2.54. The van der Waals surface area contributed by atoms with Crippen LogP contribution in [0, 0.1) is 17.2 Å². The molecule has 45 heavy (non-hydrogen) atoms. The van der Waals surface area contributed by atoms with Crippen molar-refractivity contribution >= 4 is 29.8 Å². The molecule has 0 radical (unpaired) electrons. The third kappa shape index (κ3) is 6.30. The molecule has 0 bridgehead atoms. The Morgan fingerprint density at radius 2 is 1.71 bits per heavy atom. The molecule has 1 heterocycles. The number of hydrogen-bond acceptors (Lipinski definition) is 7. The SMILES string of the molecule is CC(C)[Si](OCCn1nc(C(=O)NCc2ccc(C#N)cc2)c2c1C(=O)C(CC1(S(=O)(=O)C3CC3)CC1)CC2)(C(C)C)C(C)C. The standard InChI is InChI=1S/C34H48N4O5SSi/c1-22(2)45(23(3)4,24(5)6)43-18-17-38-31-29(30(37-38)33(40)36-21-26-9-7-25(20-35)8-10-26)14-11-27(32(31)39)19-34(15-16-34)44(41,42)28-12-13-28/h7-10,22-24,27-28H,11-19,21H2,1-6H3,(H,36,40). The summed E-state index contributed by atoms with van der Waals surface area (Å²) in [5.41, 5.74) is 3.93. The average Bonchev–Trinajstić information content (AvgIpc) is 3.93. The maximum absolute atomic E-state index is 14.2. The van der Waals surface area contributed by atoms with Crippen molar-refractivity contribution in [3.63, 3.8) is 0 Å². The molecule has 3 aliphatic rings. The van der Waals surface area contributed by atoms with Crippen molar-refractivity contribution in [3.8, 4) is 6.07 Å². The summed E-state index contributed by atoms with van der Waals surface area (Å²) < 4.78 is 34.3. The lowest BCUT2D eigenvalue weighted by molar-refractivity contribution is 0.0878. The fraction of sp³-hybridized carbons (Fsp3) is 0.647. The molecule has 0 aliphatic heterocycles. The van der Waals surface area contributed by atoms with Crippen molar-refractivity contribution in [1.82, 2.24) is 15.1 Å². The normalized spacial score (nSPS) is 19.6. The number of carbonyl (C=O) groups excluding carboxylic acids is 2. The Morgan fingerprint density at radius 1 is 1.09 bits per heavy atom. The van der Waals surface area contributed by atoms with Crippen molar-refractivity contribution in [1.29, 1.82) is 5.26 Å². The predicted octanol–water partition coefficient (Wildman–Crippen LogP) is 6.12. The van der Waals surface area contributed by atoms with E-state index in [1.165, 1.54) is 0 Å². The first-order valence-corrected chi connectivity index (χ1v) is 20.2. The van der Waals surface area contributed by atoms with Gasteiger partial charge >= 0.3 is 0 Å². The lowest BCUT2D eigenvalue weighted by Crippen LogP contribution is -2.48. The summed E-state index contributed by atoms with van der Waals surface area (Å²) in [5.74, 6) is -0.867. The Morgan fingerprint density at radius 3 is 2.24 bits per heavy atom. The number of nitrogens with zero attached hydrogens (tertiary/aromatic N) is 3. The number of hydrogen-bond donors (Lipinski definition) is 1. The Balaban J connectivity index is 1.40. The summed E-state index contributed by atoms with van der Waals surface area (Å²) in [7, 11) is -5.40. The van der Waals surface area contributed by atoms with Gasteiger partial charge in [-0.1, -0.05) is 53.7 Å². The van der Waals surface area contributed by atoms with Gasteiger partial charge in [-0.05, 0) is 79.3 Å². The number of rotatable bonds is 14. The van der Waals surface area contributed by atoms with Gasteiger partial charge in [0.25, 0.3) is 5.91 Å². The number of carbonyl (C=O) groups is 2. The number of fused-ring (bicyclic) bond motifs is 1. The molecule has 1 unspecified atom stereocenters. The van der Waals surface area contributed by atoms with Crippen LogP contribution >= 0.6 is 0 Å². The third-order valence-corrected chi connectivity index (χ3v) is 19.8. The molecule has 5 rings (SSSR count). The zero-order valence-corrected chi connectivity index (χ0v) is 29.4. The first kappa shape index (κ1) is 33.5. The summed E-state index contributed by atoms with van der Waals surface area (Å²) in [4.78, 5) is 27.7. The number of ketones is 1. The second-order valence-electron chi connectivity index (χ2n) is 14.3. The van der Waals surface area contributed by atoms with Crippen molar-refractivity contribution in [2.75, 3.05) is 6.61 Å². The summed E-state index contributed by atoms with van der Waals surface area (Å²) in [5, 5.41) is 16.5. The first-order valence-electron chi connectivity index (χ1n) is 16.6. The maximum Gasteiger partial charge on any atom is 0.272 e. The van der Waals surface area contributed by atoms with Crippen LogP contribution in [0.25, 0.3) is 0 Å². The highest BCUT2D eigenvalue weighted by atomic mass is 32.2. The molecule has 2 fully saturated rings. The molecule has 1 aromatic heterocycles. The van der Waals surface area contributed by atoms with Crippen molar-refractivity contribution in [3.05, 3.63) is 52.3 Å². The van der Waals surface area contributed by atoms with E-state index in [1.54, 1.807) is 28.9 Å². The molecular formula is C34H48N4O5SSi. The Kier molecular flexibility index (Phi) is 9.52. The number of sulfone groups is 1. The molecule has 0 saturated heterocycles. The van der Waals surface area contributed by atoms with Gasteiger partial charge in [-0.2, -0.15) is 10.4 Å².